The van der Waals surface area contributed by atoms with Gasteiger partial charge < -0.3 is 5.32 Å². The summed E-state index contributed by atoms with van der Waals surface area (Å²) in [6, 6.07) is 33.1. The number of nitrogens with one attached hydrogen (secondary N) is 1. The summed E-state index contributed by atoms with van der Waals surface area (Å²) in [6.07, 6.45) is 0. The fourth-order valence-electron chi connectivity index (χ4n) is 6.26. The number of hydrogen-bond acceptors (Lipinski definition) is 13. The van der Waals surface area contributed by atoms with Crippen LogP contribution in [0.5, 0.6) is 0 Å². The maximum Gasteiger partial charge on any atom is 0.230 e. The van der Waals surface area contributed by atoms with Crippen molar-refractivity contribution < 1.29 is 46.1 Å². The van der Waals surface area contributed by atoms with Gasteiger partial charge in [-0.3, -0.25) is 26.5 Å². The SMILES string of the molecule is CC(C)(OO)C1=NCC[NH2+]1.CC(C)(OO)C1=NCC[NH2+]1.CC(C)(OON1c2ccccc2Sc2ccccc21)C1=NCC[NH2+]1.c1ccc2c(c1)Nc1ccccc1S2. The highest BCUT2D eigenvalue weighted by molar-refractivity contribution is 8.00. The van der Waals surface area contributed by atoms with Crippen LogP contribution < -0.4 is 26.3 Å². The Hall–Kier alpha value is -4.17. The molecule has 0 atom stereocenters. The van der Waals surface area contributed by atoms with Crippen molar-refractivity contribution in [3.63, 3.8) is 0 Å². The lowest BCUT2D eigenvalue weighted by atomic mass is 10.1. The van der Waals surface area contributed by atoms with Gasteiger partial charge >= 0.3 is 0 Å². The largest absolute Gasteiger partial charge is 0.354 e. The van der Waals surface area contributed by atoms with E-state index in [1.807, 2.05) is 72.6 Å². The van der Waals surface area contributed by atoms with Crippen LogP contribution in [0.4, 0.5) is 22.7 Å². The zero-order valence-corrected chi connectivity index (χ0v) is 35.5. The van der Waals surface area contributed by atoms with E-state index in [1.165, 1.54) is 21.2 Å². The van der Waals surface area contributed by atoms with E-state index in [9.17, 15) is 0 Å². The standard InChI is InChI=1S/C18H19N3O2S.C12H9NS.2C6H12N2O2/c1-18(2,17-19-11-12-20-17)22-23-21-13-7-3-5-9-15(13)24-16-10-6-4-8-14(16)21;1-3-7-11-9(5-1)13-10-6-2-4-8-12(10)14-11;2*1-6(2,10-9)5-7-3-4-8-5/h3-10H,11-12H2,1-2H3,(H,19,20);1-8,13H;2*9H,3-4H2,1-2H3,(H,7,8)/p+3. The van der Waals surface area contributed by atoms with Gasteiger partial charge in [-0.2, -0.15) is 9.95 Å². The summed E-state index contributed by atoms with van der Waals surface area (Å²) in [6.45, 7) is 16.5. The number of para-hydroxylation sites is 4. The monoisotopic (exact) mass is 831 g/mol. The lowest BCUT2D eigenvalue weighted by Crippen LogP contribution is -2.90. The molecule has 4 aromatic rings. The van der Waals surface area contributed by atoms with Crippen LogP contribution in [-0.2, 0) is 19.7 Å². The van der Waals surface area contributed by atoms with Crippen molar-refractivity contribution in [1.82, 2.24) is 0 Å². The quantitative estimate of drug-likeness (QED) is 0.0893. The average molecular weight is 832 g/mol. The van der Waals surface area contributed by atoms with Gasteiger partial charge in [0, 0.05) is 19.6 Å². The van der Waals surface area contributed by atoms with Crippen molar-refractivity contribution in [3.8, 4) is 0 Å². The Kier molecular flexibility index (Phi) is 14.8. The fourth-order valence-corrected chi connectivity index (χ4v) is 8.29. The summed E-state index contributed by atoms with van der Waals surface area (Å²) in [7, 11) is 0. The number of hydrogen-bond donors (Lipinski definition) is 6. The molecule has 308 valence electrons. The molecule has 14 nitrogen and oxygen atoms in total. The topological polar surface area (TPSA) is 180 Å². The number of anilines is 4. The first-order valence-corrected chi connectivity index (χ1v) is 21.0. The number of nitrogens with zero attached hydrogens (tertiary/aromatic N) is 4. The number of fused-ring (bicyclic) bond motifs is 4. The number of rotatable bonds is 8. The maximum atomic E-state index is 8.45. The molecule has 9 N–H and O–H groups in total. The third-order valence-corrected chi connectivity index (χ3v) is 11.8. The van der Waals surface area contributed by atoms with Crippen LogP contribution in [0.3, 0.4) is 0 Å². The molecule has 0 saturated heterocycles. The Morgan fingerprint density at radius 3 is 1.29 bits per heavy atom. The molecule has 0 spiro atoms. The molecule has 0 bridgehead atoms. The van der Waals surface area contributed by atoms with Crippen molar-refractivity contribution >= 4 is 63.8 Å². The van der Waals surface area contributed by atoms with E-state index in [4.69, 9.17) is 20.4 Å². The first kappa shape index (κ1) is 43.4. The summed E-state index contributed by atoms with van der Waals surface area (Å²) >= 11 is 3.56. The zero-order valence-electron chi connectivity index (χ0n) is 33.8. The molecule has 9 rings (SSSR count). The predicted molar refractivity (Wildman–Crippen MR) is 229 cm³/mol. The maximum absolute atomic E-state index is 8.45. The van der Waals surface area contributed by atoms with Crippen molar-refractivity contribution in [2.75, 3.05) is 49.6 Å². The van der Waals surface area contributed by atoms with E-state index in [-0.39, 0.29) is 0 Å². The van der Waals surface area contributed by atoms with Crippen molar-refractivity contribution in [2.24, 2.45) is 15.0 Å². The van der Waals surface area contributed by atoms with E-state index in [0.29, 0.717) is 0 Å². The number of quaternary nitrogens is 3. The van der Waals surface area contributed by atoms with E-state index in [1.54, 1.807) is 44.5 Å². The molecular weight excluding hydrogens is 777 g/mol. The summed E-state index contributed by atoms with van der Waals surface area (Å²) in [5, 5.41) is 28.2. The van der Waals surface area contributed by atoms with Crippen LogP contribution in [-0.4, -0.2) is 84.1 Å². The summed E-state index contributed by atoms with van der Waals surface area (Å²) < 4.78 is 0. The smallest absolute Gasteiger partial charge is 0.230 e. The van der Waals surface area contributed by atoms with E-state index >= 15 is 0 Å². The van der Waals surface area contributed by atoms with E-state index < -0.39 is 16.8 Å². The first-order valence-electron chi connectivity index (χ1n) is 19.4. The third-order valence-electron chi connectivity index (χ3n) is 9.53. The number of amidine groups is 3. The van der Waals surface area contributed by atoms with Crippen molar-refractivity contribution in [1.29, 1.82) is 0 Å². The van der Waals surface area contributed by atoms with Crippen LogP contribution in [0.1, 0.15) is 41.5 Å². The molecule has 0 saturated carbocycles. The van der Waals surface area contributed by atoms with Gasteiger partial charge in [0.05, 0.1) is 42.4 Å². The molecular formula is C42H55N8O6S2+3. The molecule has 4 aromatic carbocycles. The molecule has 0 amide bonds. The van der Waals surface area contributed by atoms with Gasteiger partial charge in [-0.1, -0.05) is 72.1 Å². The van der Waals surface area contributed by atoms with Crippen LogP contribution in [0, 0.1) is 0 Å². The molecule has 0 fully saturated rings. The van der Waals surface area contributed by atoms with Crippen LogP contribution in [0.25, 0.3) is 0 Å². The molecule has 5 heterocycles. The molecule has 0 radical (unpaired) electrons. The molecule has 5 aliphatic heterocycles. The number of nitrogens with two attached hydrogens (primary N) is 3. The van der Waals surface area contributed by atoms with Crippen LogP contribution in [0.15, 0.2) is 132 Å². The fraction of sp³-hybridized carbons (Fsp3) is 0.357. The summed E-state index contributed by atoms with van der Waals surface area (Å²) in [4.78, 5) is 37.9. The Balaban J connectivity index is 0.000000142. The minimum absolute atomic E-state index is 0.592. The molecule has 58 heavy (non-hydrogen) atoms. The lowest BCUT2D eigenvalue weighted by Gasteiger charge is -2.32. The minimum atomic E-state index is -0.628. The van der Waals surface area contributed by atoms with Gasteiger partial charge in [-0.25, -0.2) is 24.8 Å². The van der Waals surface area contributed by atoms with Crippen molar-refractivity contribution in [2.45, 2.75) is 77.9 Å². The molecule has 16 heteroatoms. The number of benzene rings is 4. The second-order valence-electron chi connectivity index (χ2n) is 15.2. The molecule has 5 aliphatic rings. The highest BCUT2D eigenvalue weighted by Crippen LogP contribution is 2.48. The third kappa shape index (κ3) is 10.9. The highest BCUT2D eigenvalue weighted by Gasteiger charge is 2.37. The van der Waals surface area contributed by atoms with Gasteiger partial charge in [0.25, 0.3) is 0 Å². The molecule has 0 unspecified atom stereocenters. The predicted octanol–water partition coefficient (Wildman–Crippen LogP) is 5.26. The first-order chi connectivity index (χ1) is 27.9. The van der Waals surface area contributed by atoms with E-state index in [0.717, 1.165) is 77.9 Å². The van der Waals surface area contributed by atoms with Crippen LogP contribution in [0.2, 0.25) is 0 Å². The number of aliphatic imine (C=N–C) groups is 3. The van der Waals surface area contributed by atoms with Gasteiger partial charge in [0.2, 0.25) is 17.5 Å². The second-order valence-corrected chi connectivity index (χ2v) is 17.4. The Morgan fingerprint density at radius 1 is 0.534 bits per heavy atom. The second kappa shape index (κ2) is 19.7. The highest BCUT2D eigenvalue weighted by atomic mass is 32.2. The minimum Gasteiger partial charge on any atom is -0.354 e. The summed E-state index contributed by atoms with van der Waals surface area (Å²) in [5.74, 6) is 2.63. The Bertz CT molecular complexity index is 1940. The van der Waals surface area contributed by atoms with Gasteiger partial charge in [-0.05, 0) is 90.1 Å². The Morgan fingerprint density at radius 2 is 0.897 bits per heavy atom. The molecule has 0 aromatic heterocycles. The normalized spacial score (nSPS) is 16.6. The summed E-state index contributed by atoms with van der Waals surface area (Å²) in [5.41, 5.74) is 2.52. The van der Waals surface area contributed by atoms with Crippen molar-refractivity contribution in [3.05, 3.63) is 97.1 Å². The zero-order chi connectivity index (χ0) is 41.2. The average Bonchev–Trinajstić information content (AvgIpc) is 4.08. The van der Waals surface area contributed by atoms with Crippen LogP contribution >= 0.6 is 23.5 Å². The van der Waals surface area contributed by atoms with Gasteiger partial charge in [-0.15, -0.1) is 4.99 Å². The van der Waals surface area contributed by atoms with Gasteiger partial charge in [0.15, 0.2) is 16.8 Å². The van der Waals surface area contributed by atoms with Gasteiger partial charge in [0.1, 0.15) is 19.6 Å². The molecule has 0 aliphatic carbocycles. The lowest BCUT2D eigenvalue weighted by molar-refractivity contribution is -0.541. The van der Waals surface area contributed by atoms with E-state index in [2.05, 4.69) is 96.0 Å². The Labute approximate surface area is 348 Å².